The fourth-order valence-corrected chi connectivity index (χ4v) is 2.71. The number of hydrogen-bond donors (Lipinski definition) is 1. The standard InChI is InChI=1S/C17H18O3S/c1-12-7-8-14(11-13(12)2)21-10-9-20-16-6-4-3-5-15(16)17(18)19/h3-8,11H,9-10H2,1-2H3,(H,18,19). The molecule has 0 saturated heterocycles. The third kappa shape index (κ3) is 4.26. The maximum Gasteiger partial charge on any atom is 0.339 e. The molecule has 0 aromatic heterocycles. The van der Waals surface area contributed by atoms with Gasteiger partial charge in [-0.1, -0.05) is 18.2 Å². The molecule has 2 aromatic carbocycles. The molecule has 0 aliphatic carbocycles. The van der Waals surface area contributed by atoms with E-state index < -0.39 is 5.97 Å². The highest BCUT2D eigenvalue weighted by Gasteiger charge is 2.09. The van der Waals surface area contributed by atoms with Crippen molar-refractivity contribution >= 4 is 17.7 Å². The zero-order valence-corrected chi connectivity index (χ0v) is 12.9. The largest absolute Gasteiger partial charge is 0.492 e. The van der Waals surface area contributed by atoms with Gasteiger partial charge in [0.25, 0.3) is 0 Å². The van der Waals surface area contributed by atoms with Crippen molar-refractivity contribution < 1.29 is 14.6 Å². The zero-order valence-electron chi connectivity index (χ0n) is 12.1. The molecule has 0 aliphatic heterocycles. The maximum atomic E-state index is 11.1. The fraction of sp³-hybridized carbons (Fsp3) is 0.235. The fourth-order valence-electron chi connectivity index (χ4n) is 1.88. The van der Waals surface area contributed by atoms with E-state index in [0.717, 1.165) is 5.75 Å². The molecule has 3 nitrogen and oxygen atoms in total. The average Bonchev–Trinajstić information content (AvgIpc) is 2.47. The highest BCUT2D eigenvalue weighted by Crippen LogP contribution is 2.22. The number of carboxylic acids is 1. The van der Waals surface area contributed by atoms with E-state index in [1.807, 2.05) is 0 Å². The predicted molar refractivity (Wildman–Crippen MR) is 85.5 cm³/mol. The molecule has 0 spiro atoms. The molecule has 0 aliphatic rings. The van der Waals surface area contributed by atoms with E-state index in [4.69, 9.17) is 9.84 Å². The van der Waals surface area contributed by atoms with E-state index in [2.05, 4.69) is 32.0 Å². The minimum Gasteiger partial charge on any atom is -0.492 e. The van der Waals surface area contributed by atoms with Crippen LogP contribution in [0.3, 0.4) is 0 Å². The normalized spacial score (nSPS) is 10.4. The van der Waals surface area contributed by atoms with Gasteiger partial charge in [0.1, 0.15) is 11.3 Å². The highest BCUT2D eigenvalue weighted by atomic mass is 32.2. The van der Waals surface area contributed by atoms with Gasteiger partial charge in [-0.25, -0.2) is 4.79 Å². The molecule has 2 rings (SSSR count). The smallest absolute Gasteiger partial charge is 0.339 e. The van der Waals surface area contributed by atoms with Gasteiger partial charge in [-0.15, -0.1) is 11.8 Å². The molecular formula is C17H18O3S. The zero-order chi connectivity index (χ0) is 15.2. The molecule has 0 amide bonds. The van der Waals surface area contributed by atoms with E-state index >= 15 is 0 Å². The van der Waals surface area contributed by atoms with Gasteiger partial charge >= 0.3 is 5.97 Å². The van der Waals surface area contributed by atoms with Gasteiger partial charge < -0.3 is 9.84 Å². The number of aryl methyl sites for hydroxylation is 2. The summed E-state index contributed by atoms with van der Waals surface area (Å²) < 4.78 is 5.57. The van der Waals surface area contributed by atoms with E-state index in [1.54, 1.807) is 36.0 Å². The Morgan fingerprint density at radius 1 is 1.14 bits per heavy atom. The van der Waals surface area contributed by atoms with Crippen molar-refractivity contribution in [3.05, 3.63) is 59.2 Å². The van der Waals surface area contributed by atoms with Crippen molar-refractivity contribution in [1.29, 1.82) is 0 Å². The summed E-state index contributed by atoms with van der Waals surface area (Å²) in [5, 5.41) is 9.07. The van der Waals surface area contributed by atoms with Crippen molar-refractivity contribution in [2.45, 2.75) is 18.7 Å². The summed E-state index contributed by atoms with van der Waals surface area (Å²) in [4.78, 5) is 12.3. The SMILES string of the molecule is Cc1ccc(SCCOc2ccccc2C(=O)O)cc1C. The topological polar surface area (TPSA) is 46.5 Å². The Hall–Kier alpha value is -1.94. The molecule has 0 heterocycles. The van der Waals surface area contributed by atoms with Crippen molar-refractivity contribution in [2.75, 3.05) is 12.4 Å². The Bertz CT molecular complexity index is 638. The van der Waals surface area contributed by atoms with Gasteiger partial charge in [-0.2, -0.15) is 0 Å². The number of carboxylic acid groups (broad SMARTS) is 1. The molecule has 0 atom stereocenters. The molecule has 1 N–H and O–H groups in total. The van der Waals surface area contributed by atoms with E-state index in [9.17, 15) is 4.79 Å². The maximum absolute atomic E-state index is 11.1. The van der Waals surface area contributed by atoms with Crippen LogP contribution < -0.4 is 4.74 Å². The summed E-state index contributed by atoms with van der Waals surface area (Å²) in [7, 11) is 0. The van der Waals surface area contributed by atoms with Crippen LogP contribution in [0.25, 0.3) is 0 Å². The van der Waals surface area contributed by atoms with Crippen LogP contribution in [0.5, 0.6) is 5.75 Å². The molecule has 0 radical (unpaired) electrons. The van der Waals surface area contributed by atoms with Gasteiger partial charge in [0, 0.05) is 10.6 Å². The van der Waals surface area contributed by atoms with Gasteiger partial charge in [-0.05, 0) is 49.2 Å². The van der Waals surface area contributed by atoms with Gasteiger partial charge in [-0.3, -0.25) is 0 Å². The van der Waals surface area contributed by atoms with Crippen molar-refractivity contribution in [3.8, 4) is 5.75 Å². The Morgan fingerprint density at radius 2 is 1.90 bits per heavy atom. The third-order valence-electron chi connectivity index (χ3n) is 3.21. The first-order valence-corrected chi connectivity index (χ1v) is 7.71. The number of hydrogen-bond acceptors (Lipinski definition) is 3. The number of rotatable bonds is 6. The number of thioether (sulfide) groups is 1. The van der Waals surface area contributed by atoms with Crippen LogP contribution >= 0.6 is 11.8 Å². The van der Waals surface area contributed by atoms with E-state index in [1.165, 1.54) is 16.0 Å². The second-order valence-corrected chi connectivity index (χ2v) is 5.91. The molecule has 0 bridgehead atoms. The van der Waals surface area contributed by atoms with Gasteiger partial charge in [0.05, 0.1) is 6.61 Å². The second-order valence-electron chi connectivity index (χ2n) is 4.74. The summed E-state index contributed by atoms with van der Waals surface area (Å²) >= 11 is 1.70. The Labute approximate surface area is 129 Å². The summed E-state index contributed by atoms with van der Waals surface area (Å²) in [6, 6.07) is 13.1. The Kier molecular flexibility index (Phi) is 5.28. The van der Waals surface area contributed by atoms with Crippen LogP contribution in [0.1, 0.15) is 21.5 Å². The monoisotopic (exact) mass is 302 g/mol. The average molecular weight is 302 g/mol. The lowest BCUT2D eigenvalue weighted by Gasteiger charge is -2.09. The van der Waals surface area contributed by atoms with Crippen LogP contribution in [0, 0.1) is 13.8 Å². The number of para-hydroxylation sites is 1. The Morgan fingerprint density at radius 3 is 2.62 bits per heavy atom. The second kappa shape index (κ2) is 7.18. The van der Waals surface area contributed by atoms with Crippen molar-refractivity contribution in [2.24, 2.45) is 0 Å². The summed E-state index contributed by atoms with van der Waals surface area (Å²) in [5.41, 5.74) is 2.76. The van der Waals surface area contributed by atoms with Gasteiger partial charge in [0.2, 0.25) is 0 Å². The first-order chi connectivity index (χ1) is 10.1. The molecular weight excluding hydrogens is 284 g/mol. The van der Waals surface area contributed by atoms with Gasteiger partial charge in [0.15, 0.2) is 0 Å². The van der Waals surface area contributed by atoms with Crippen molar-refractivity contribution in [1.82, 2.24) is 0 Å². The quantitative estimate of drug-likeness (QED) is 0.642. The molecule has 0 unspecified atom stereocenters. The highest BCUT2D eigenvalue weighted by molar-refractivity contribution is 7.99. The molecule has 2 aromatic rings. The van der Waals surface area contributed by atoms with Crippen LogP contribution in [-0.4, -0.2) is 23.4 Å². The lowest BCUT2D eigenvalue weighted by atomic mass is 10.1. The van der Waals surface area contributed by atoms with Crippen LogP contribution in [-0.2, 0) is 0 Å². The van der Waals surface area contributed by atoms with Crippen LogP contribution in [0.2, 0.25) is 0 Å². The lowest BCUT2D eigenvalue weighted by Crippen LogP contribution is -2.05. The Balaban J connectivity index is 1.87. The molecule has 4 heteroatoms. The molecule has 21 heavy (non-hydrogen) atoms. The minimum atomic E-state index is -0.965. The third-order valence-corrected chi connectivity index (χ3v) is 4.16. The van der Waals surface area contributed by atoms with Crippen molar-refractivity contribution in [3.63, 3.8) is 0 Å². The lowest BCUT2D eigenvalue weighted by molar-refractivity contribution is 0.0692. The first kappa shape index (κ1) is 15.4. The van der Waals surface area contributed by atoms with Crippen LogP contribution in [0.4, 0.5) is 0 Å². The number of aromatic carboxylic acids is 1. The first-order valence-electron chi connectivity index (χ1n) is 6.73. The van der Waals surface area contributed by atoms with E-state index in [0.29, 0.717) is 12.4 Å². The van der Waals surface area contributed by atoms with Crippen LogP contribution in [0.15, 0.2) is 47.4 Å². The number of ether oxygens (including phenoxy) is 1. The molecule has 0 saturated carbocycles. The number of benzene rings is 2. The molecule has 110 valence electrons. The molecule has 0 fully saturated rings. The van der Waals surface area contributed by atoms with E-state index in [-0.39, 0.29) is 5.56 Å². The predicted octanol–water partition coefficient (Wildman–Crippen LogP) is 4.17. The number of carbonyl (C=O) groups is 1. The summed E-state index contributed by atoms with van der Waals surface area (Å²) in [5.74, 6) is 0.231. The summed E-state index contributed by atoms with van der Waals surface area (Å²) in [6.45, 7) is 4.66. The minimum absolute atomic E-state index is 0.202. The summed E-state index contributed by atoms with van der Waals surface area (Å²) in [6.07, 6.45) is 0.